The highest BCUT2D eigenvalue weighted by molar-refractivity contribution is 7.99. The molecule has 0 radical (unpaired) electrons. The highest BCUT2D eigenvalue weighted by Crippen LogP contribution is 2.25. The molecule has 1 aromatic heterocycles. The Morgan fingerprint density at radius 2 is 1.65 bits per heavy atom. The Balaban J connectivity index is 1.61. The van der Waals surface area contributed by atoms with Crippen LogP contribution >= 0.6 is 11.8 Å². The minimum atomic E-state index is -0.213. The van der Waals surface area contributed by atoms with Gasteiger partial charge in [-0.1, -0.05) is 11.8 Å². The van der Waals surface area contributed by atoms with E-state index in [2.05, 4.69) is 20.7 Å². The second-order valence-electron chi connectivity index (χ2n) is 6.53. The zero-order chi connectivity index (χ0) is 22.2. The van der Waals surface area contributed by atoms with Crippen LogP contribution in [-0.2, 0) is 11.3 Å². The van der Waals surface area contributed by atoms with Crippen molar-refractivity contribution in [3.63, 3.8) is 0 Å². The molecule has 3 aromatic rings. The molecule has 0 bridgehead atoms. The lowest BCUT2D eigenvalue weighted by molar-refractivity contribution is -0.118. The summed E-state index contributed by atoms with van der Waals surface area (Å²) in [6.45, 7) is 4.54. The van der Waals surface area contributed by atoms with Gasteiger partial charge in [0.25, 0.3) is 5.91 Å². The number of nitrogens with one attached hydrogen (secondary N) is 1. The number of amides is 1. The molecule has 0 spiro atoms. The number of hydrazone groups is 1. The largest absolute Gasteiger partial charge is 0.497 e. The summed E-state index contributed by atoms with van der Waals surface area (Å²) >= 11 is 1.32. The number of ether oxygens (including phenoxy) is 2. The van der Waals surface area contributed by atoms with E-state index in [1.54, 1.807) is 14.2 Å². The van der Waals surface area contributed by atoms with Gasteiger partial charge >= 0.3 is 0 Å². The molecule has 31 heavy (non-hydrogen) atoms. The monoisotopic (exact) mass is 439 g/mol. The molecular formula is C22H25N5O3S. The van der Waals surface area contributed by atoms with Crippen LogP contribution in [0.15, 0.2) is 58.8 Å². The normalized spacial score (nSPS) is 11.3. The zero-order valence-electron chi connectivity index (χ0n) is 18.0. The van der Waals surface area contributed by atoms with Gasteiger partial charge in [0, 0.05) is 12.1 Å². The fourth-order valence-electron chi connectivity index (χ4n) is 2.84. The Hall–Kier alpha value is -3.33. The predicted octanol–water partition coefficient (Wildman–Crippen LogP) is 3.61. The van der Waals surface area contributed by atoms with Gasteiger partial charge in [-0.15, -0.1) is 10.2 Å². The summed E-state index contributed by atoms with van der Waals surface area (Å²) in [5, 5.41) is 13.4. The van der Waals surface area contributed by atoms with Gasteiger partial charge in [0.15, 0.2) is 11.0 Å². The average Bonchev–Trinajstić information content (AvgIpc) is 3.24. The number of aromatic nitrogens is 3. The van der Waals surface area contributed by atoms with Crippen LogP contribution in [0, 0.1) is 0 Å². The molecule has 0 aliphatic carbocycles. The molecule has 0 fully saturated rings. The van der Waals surface area contributed by atoms with E-state index in [1.165, 1.54) is 11.8 Å². The summed E-state index contributed by atoms with van der Waals surface area (Å²) in [6, 6.07) is 15.1. The molecule has 1 amide bonds. The topological polar surface area (TPSA) is 90.6 Å². The molecule has 0 atom stereocenters. The van der Waals surface area contributed by atoms with Crippen molar-refractivity contribution in [3.8, 4) is 22.9 Å². The summed E-state index contributed by atoms with van der Waals surface area (Å²) in [7, 11) is 3.25. The van der Waals surface area contributed by atoms with Crippen LogP contribution in [0.5, 0.6) is 11.5 Å². The molecule has 0 saturated heterocycles. The Bertz CT molecular complexity index is 1050. The Morgan fingerprint density at radius 3 is 2.23 bits per heavy atom. The first-order chi connectivity index (χ1) is 15.0. The summed E-state index contributed by atoms with van der Waals surface area (Å²) in [4.78, 5) is 12.3. The van der Waals surface area contributed by atoms with Crippen LogP contribution in [0.1, 0.15) is 19.4 Å². The van der Waals surface area contributed by atoms with Gasteiger partial charge in [-0.3, -0.25) is 4.79 Å². The van der Waals surface area contributed by atoms with Crippen molar-refractivity contribution in [1.82, 2.24) is 20.2 Å². The lowest BCUT2D eigenvalue weighted by Gasteiger charge is -2.08. The smallest absolute Gasteiger partial charge is 0.250 e. The molecule has 0 unspecified atom stereocenters. The summed E-state index contributed by atoms with van der Waals surface area (Å²) in [5.74, 6) is 2.27. The van der Waals surface area contributed by atoms with Crippen molar-refractivity contribution in [2.24, 2.45) is 5.10 Å². The van der Waals surface area contributed by atoms with Crippen molar-refractivity contribution in [3.05, 3.63) is 54.1 Å². The van der Waals surface area contributed by atoms with Crippen LogP contribution in [0.4, 0.5) is 0 Å². The van der Waals surface area contributed by atoms with Crippen molar-refractivity contribution >= 4 is 23.4 Å². The molecule has 9 heteroatoms. The molecular weight excluding hydrogens is 414 g/mol. The van der Waals surface area contributed by atoms with Crippen LogP contribution in [0.2, 0.25) is 0 Å². The van der Waals surface area contributed by atoms with Gasteiger partial charge < -0.3 is 14.0 Å². The number of carbonyl (C=O) groups excluding carboxylic acids is 1. The van der Waals surface area contributed by atoms with E-state index < -0.39 is 0 Å². The summed E-state index contributed by atoms with van der Waals surface area (Å²) < 4.78 is 12.3. The molecule has 1 heterocycles. The van der Waals surface area contributed by atoms with E-state index in [0.717, 1.165) is 28.5 Å². The fourth-order valence-corrected chi connectivity index (χ4v) is 3.63. The van der Waals surface area contributed by atoms with E-state index in [0.29, 0.717) is 17.4 Å². The maximum atomic E-state index is 12.3. The fraction of sp³-hybridized carbons (Fsp3) is 0.273. The van der Waals surface area contributed by atoms with E-state index in [4.69, 9.17) is 9.47 Å². The molecule has 1 N–H and O–H groups in total. The van der Waals surface area contributed by atoms with Crippen molar-refractivity contribution in [1.29, 1.82) is 0 Å². The van der Waals surface area contributed by atoms with E-state index in [1.807, 2.05) is 66.9 Å². The number of nitrogens with zero attached hydrogens (tertiary/aromatic N) is 4. The van der Waals surface area contributed by atoms with Gasteiger partial charge in [-0.2, -0.15) is 5.10 Å². The van der Waals surface area contributed by atoms with Gasteiger partial charge in [0.1, 0.15) is 11.5 Å². The number of hydrogen-bond donors (Lipinski definition) is 1. The molecule has 0 aliphatic rings. The van der Waals surface area contributed by atoms with E-state index >= 15 is 0 Å². The molecule has 2 aromatic carbocycles. The first-order valence-corrected chi connectivity index (χ1v) is 10.7. The molecule has 0 saturated carbocycles. The van der Waals surface area contributed by atoms with Crippen molar-refractivity contribution in [2.75, 3.05) is 20.0 Å². The summed E-state index contributed by atoms with van der Waals surface area (Å²) in [5.41, 5.74) is 5.14. The first-order valence-electron chi connectivity index (χ1n) is 9.73. The van der Waals surface area contributed by atoms with Gasteiger partial charge in [0.2, 0.25) is 0 Å². The summed E-state index contributed by atoms with van der Waals surface area (Å²) in [6.07, 6.45) is 0. The Labute approximate surface area is 185 Å². The van der Waals surface area contributed by atoms with Crippen LogP contribution in [0.25, 0.3) is 11.4 Å². The predicted molar refractivity (Wildman–Crippen MR) is 122 cm³/mol. The number of benzene rings is 2. The lowest BCUT2D eigenvalue weighted by Crippen LogP contribution is -2.21. The minimum Gasteiger partial charge on any atom is -0.497 e. The second-order valence-corrected chi connectivity index (χ2v) is 7.47. The quantitative estimate of drug-likeness (QED) is 0.311. The second kappa shape index (κ2) is 10.6. The Morgan fingerprint density at radius 1 is 1.03 bits per heavy atom. The number of methoxy groups -OCH3 is 2. The van der Waals surface area contributed by atoms with Crippen molar-refractivity contribution in [2.45, 2.75) is 25.5 Å². The van der Waals surface area contributed by atoms with Crippen LogP contribution in [-0.4, -0.2) is 46.4 Å². The van der Waals surface area contributed by atoms with Gasteiger partial charge in [0.05, 0.1) is 25.7 Å². The number of hydrogen-bond acceptors (Lipinski definition) is 7. The molecule has 3 rings (SSSR count). The Kier molecular flexibility index (Phi) is 7.66. The highest BCUT2D eigenvalue weighted by atomic mass is 32.2. The number of thioether (sulfide) groups is 1. The molecule has 0 aliphatic heterocycles. The van der Waals surface area contributed by atoms with Crippen molar-refractivity contribution < 1.29 is 14.3 Å². The average molecular weight is 440 g/mol. The zero-order valence-corrected chi connectivity index (χ0v) is 18.8. The highest BCUT2D eigenvalue weighted by Gasteiger charge is 2.14. The minimum absolute atomic E-state index is 0.181. The number of carbonyl (C=O) groups is 1. The lowest BCUT2D eigenvalue weighted by atomic mass is 10.1. The van der Waals surface area contributed by atoms with Gasteiger partial charge in [-0.25, -0.2) is 5.43 Å². The number of rotatable bonds is 9. The van der Waals surface area contributed by atoms with Crippen LogP contribution in [0.3, 0.4) is 0 Å². The van der Waals surface area contributed by atoms with E-state index in [9.17, 15) is 4.79 Å². The van der Waals surface area contributed by atoms with Gasteiger partial charge in [-0.05, 0) is 67.9 Å². The third-order valence-electron chi connectivity index (χ3n) is 4.57. The molecule has 8 nitrogen and oxygen atoms in total. The SMILES string of the molecule is CCn1c(SCC(=O)N/N=C(\C)c2ccc(OC)cc2)nnc1-c1ccc(OC)cc1. The van der Waals surface area contributed by atoms with E-state index in [-0.39, 0.29) is 11.7 Å². The maximum absolute atomic E-state index is 12.3. The molecule has 162 valence electrons. The standard InChI is InChI=1S/C22H25N5O3S/c1-5-27-21(17-8-12-19(30-4)13-9-17)25-26-22(27)31-14-20(28)24-23-15(2)16-6-10-18(29-3)11-7-16/h6-13H,5,14H2,1-4H3,(H,24,28)/b23-15+. The first kappa shape index (κ1) is 22.4. The van der Waals surface area contributed by atoms with Crippen LogP contribution < -0.4 is 14.9 Å². The third kappa shape index (κ3) is 5.64. The third-order valence-corrected chi connectivity index (χ3v) is 5.54. The maximum Gasteiger partial charge on any atom is 0.250 e.